The number of ether oxygens (including phenoxy) is 3. The van der Waals surface area contributed by atoms with Gasteiger partial charge in [-0.1, -0.05) is 0 Å². The van der Waals surface area contributed by atoms with Gasteiger partial charge in [0.15, 0.2) is 0 Å². The van der Waals surface area contributed by atoms with Crippen molar-refractivity contribution in [1.82, 2.24) is 4.90 Å². The second-order valence-electron chi connectivity index (χ2n) is 9.60. The summed E-state index contributed by atoms with van der Waals surface area (Å²) in [5, 5.41) is 0. The van der Waals surface area contributed by atoms with Crippen LogP contribution in [0.25, 0.3) is 0 Å². The lowest BCUT2D eigenvalue weighted by Gasteiger charge is -2.40. The van der Waals surface area contributed by atoms with Crippen LogP contribution in [0.2, 0.25) is 0 Å². The summed E-state index contributed by atoms with van der Waals surface area (Å²) in [5.41, 5.74) is -1.87. The molecular formula is C19H35NO5S. The van der Waals surface area contributed by atoms with E-state index in [1.165, 1.54) is 11.8 Å². The molecule has 7 heteroatoms. The van der Waals surface area contributed by atoms with E-state index in [4.69, 9.17) is 14.2 Å². The molecule has 0 aromatic rings. The van der Waals surface area contributed by atoms with E-state index >= 15 is 0 Å². The second-order valence-corrected chi connectivity index (χ2v) is 11.2. The van der Waals surface area contributed by atoms with Crippen LogP contribution in [0.15, 0.2) is 0 Å². The molecule has 1 aliphatic rings. The molecular weight excluding hydrogens is 354 g/mol. The summed E-state index contributed by atoms with van der Waals surface area (Å²) in [6.45, 7) is 19.2. The van der Waals surface area contributed by atoms with Gasteiger partial charge >= 0.3 is 12.1 Å². The van der Waals surface area contributed by atoms with Crippen molar-refractivity contribution in [3.63, 3.8) is 0 Å². The third-order valence-electron chi connectivity index (χ3n) is 3.86. The maximum atomic E-state index is 12.8. The second kappa shape index (κ2) is 7.58. The van der Waals surface area contributed by atoms with Gasteiger partial charge in [0.2, 0.25) is 0 Å². The molecule has 0 spiro atoms. The van der Waals surface area contributed by atoms with Gasteiger partial charge in [-0.15, -0.1) is 11.8 Å². The van der Waals surface area contributed by atoms with E-state index in [2.05, 4.69) is 0 Å². The summed E-state index contributed by atoms with van der Waals surface area (Å²) >= 11 is 1.46. The maximum absolute atomic E-state index is 12.8. The Balaban J connectivity index is 2.88. The molecule has 0 bridgehead atoms. The molecule has 0 unspecified atom stereocenters. The number of hydrogen-bond donors (Lipinski definition) is 0. The number of nitrogens with zero attached hydrogens (tertiary/aromatic N) is 1. The summed E-state index contributed by atoms with van der Waals surface area (Å²) < 4.78 is 16.4. The van der Waals surface area contributed by atoms with E-state index in [9.17, 15) is 9.59 Å². The minimum absolute atomic E-state index is 0.212. The van der Waals surface area contributed by atoms with Crippen molar-refractivity contribution in [3.8, 4) is 0 Å². The summed E-state index contributed by atoms with van der Waals surface area (Å²) in [5.74, 6) is -0.0545. The zero-order chi connectivity index (χ0) is 20.6. The minimum Gasteiger partial charge on any atom is -0.459 e. The third-order valence-corrected chi connectivity index (χ3v) is 5.26. The monoisotopic (exact) mass is 389 g/mol. The molecule has 0 aromatic carbocycles. The number of carbonyl (C=O) groups excluding carboxylic acids is 2. The molecule has 26 heavy (non-hydrogen) atoms. The van der Waals surface area contributed by atoms with Gasteiger partial charge in [0.05, 0.1) is 18.4 Å². The fraction of sp³-hybridized carbons (Fsp3) is 0.895. The normalized spacial score (nSPS) is 20.8. The zero-order valence-electron chi connectivity index (χ0n) is 17.9. The highest BCUT2D eigenvalue weighted by molar-refractivity contribution is 8.01. The Hall–Kier alpha value is -0.950. The van der Waals surface area contributed by atoms with Crippen molar-refractivity contribution >= 4 is 23.8 Å². The quantitative estimate of drug-likeness (QED) is 0.671. The third kappa shape index (κ3) is 6.65. The van der Waals surface area contributed by atoms with E-state index < -0.39 is 27.8 Å². The standard InChI is InChI=1S/C19H35NO5S/c1-16(2,3)24-14(21)12-26-18(7,8)13-11-23-19(9,10)20(13)15(22)25-17(4,5)6/h13H,11-12H2,1-10H3/t13-/m1/s1. The molecule has 6 nitrogen and oxygen atoms in total. The summed E-state index contributed by atoms with van der Waals surface area (Å²) in [4.78, 5) is 26.5. The highest BCUT2D eigenvalue weighted by Gasteiger charge is 2.51. The lowest BCUT2D eigenvalue weighted by atomic mass is 10.0. The molecule has 0 aromatic heterocycles. The van der Waals surface area contributed by atoms with Crippen molar-refractivity contribution in [3.05, 3.63) is 0 Å². The van der Waals surface area contributed by atoms with Crippen LogP contribution in [0.3, 0.4) is 0 Å². The first-order valence-corrected chi connectivity index (χ1v) is 9.95. The molecule has 1 heterocycles. The summed E-state index contributed by atoms with van der Waals surface area (Å²) in [7, 11) is 0. The molecule has 0 N–H and O–H groups in total. The fourth-order valence-corrected chi connectivity index (χ4v) is 3.60. The van der Waals surface area contributed by atoms with E-state index in [0.29, 0.717) is 6.61 Å². The number of carbonyl (C=O) groups is 2. The Kier molecular flexibility index (Phi) is 6.73. The number of rotatable bonds is 4. The number of thioether (sulfide) groups is 1. The van der Waals surface area contributed by atoms with E-state index in [-0.39, 0.29) is 17.8 Å². The first kappa shape index (κ1) is 23.1. The van der Waals surface area contributed by atoms with Crippen molar-refractivity contribution in [1.29, 1.82) is 0 Å². The smallest absolute Gasteiger partial charge is 0.412 e. The molecule has 0 saturated carbocycles. The van der Waals surface area contributed by atoms with Gasteiger partial charge in [-0.2, -0.15) is 0 Å². The molecule has 1 rings (SSSR count). The number of amides is 1. The molecule has 0 aliphatic carbocycles. The topological polar surface area (TPSA) is 65.1 Å². The van der Waals surface area contributed by atoms with Gasteiger partial charge < -0.3 is 14.2 Å². The van der Waals surface area contributed by atoms with Crippen LogP contribution in [-0.4, -0.2) is 57.0 Å². The fourth-order valence-electron chi connectivity index (χ4n) is 2.68. The van der Waals surface area contributed by atoms with Crippen LogP contribution in [0.5, 0.6) is 0 Å². The van der Waals surface area contributed by atoms with E-state index in [1.807, 2.05) is 69.2 Å². The van der Waals surface area contributed by atoms with Crippen molar-refractivity contribution in [2.75, 3.05) is 12.4 Å². The van der Waals surface area contributed by atoms with E-state index in [1.54, 1.807) is 4.90 Å². The molecule has 0 radical (unpaired) electrons. The Morgan fingerprint density at radius 3 is 2.00 bits per heavy atom. The summed E-state index contributed by atoms with van der Waals surface area (Å²) in [6.07, 6.45) is -0.407. The van der Waals surface area contributed by atoms with Crippen LogP contribution in [0, 0.1) is 0 Å². The first-order chi connectivity index (χ1) is 11.4. The Morgan fingerprint density at radius 2 is 1.54 bits per heavy atom. The van der Waals surface area contributed by atoms with Crippen molar-refractivity contribution < 1.29 is 23.8 Å². The Labute approximate surface area is 162 Å². The molecule has 1 fully saturated rings. The van der Waals surface area contributed by atoms with E-state index in [0.717, 1.165) is 0 Å². The van der Waals surface area contributed by atoms with Crippen LogP contribution < -0.4 is 0 Å². The largest absolute Gasteiger partial charge is 0.459 e. The predicted octanol–water partition coefficient (Wildman–Crippen LogP) is 4.21. The zero-order valence-corrected chi connectivity index (χ0v) is 18.7. The number of hydrogen-bond acceptors (Lipinski definition) is 6. The van der Waals surface area contributed by atoms with Crippen LogP contribution in [0.4, 0.5) is 4.79 Å². The van der Waals surface area contributed by atoms with Gasteiger partial charge in [-0.25, -0.2) is 4.79 Å². The van der Waals surface area contributed by atoms with Gasteiger partial charge in [0.25, 0.3) is 0 Å². The van der Waals surface area contributed by atoms with Crippen molar-refractivity contribution in [2.24, 2.45) is 0 Å². The van der Waals surface area contributed by atoms with Crippen LogP contribution in [-0.2, 0) is 19.0 Å². The van der Waals surface area contributed by atoms with Gasteiger partial charge in [0, 0.05) is 4.75 Å². The molecule has 1 amide bonds. The average Bonchev–Trinajstić information content (AvgIpc) is 2.69. The van der Waals surface area contributed by atoms with Gasteiger partial charge in [-0.3, -0.25) is 9.69 Å². The number of esters is 1. The highest BCUT2D eigenvalue weighted by Crippen LogP contribution is 2.40. The van der Waals surface area contributed by atoms with Crippen LogP contribution in [0.1, 0.15) is 69.2 Å². The first-order valence-electron chi connectivity index (χ1n) is 8.97. The molecule has 1 atom stereocenters. The van der Waals surface area contributed by atoms with Gasteiger partial charge in [0.1, 0.15) is 16.9 Å². The molecule has 152 valence electrons. The molecule has 1 aliphatic heterocycles. The predicted molar refractivity (Wildman–Crippen MR) is 104 cm³/mol. The van der Waals surface area contributed by atoms with Crippen LogP contribution >= 0.6 is 11.8 Å². The minimum atomic E-state index is -0.767. The Morgan fingerprint density at radius 1 is 1.04 bits per heavy atom. The van der Waals surface area contributed by atoms with Crippen molar-refractivity contribution in [2.45, 2.75) is 97.0 Å². The Bertz CT molecular complexity index is 531. The highest BCUT2D eigenvalue weighted by atomic mass is 32.2. The summed E-state index contributed by atoms with van der Waals surface area (Å²) in [6, 6.07) is -0.222. The average molecular weight is 390 g/mol. The lowest BCUT2D eigenvalue weighted by Crippen LogP contribution is -2.55. The lowest BCUT2D eigenvalue weighted by molar-refractivity contribution is -0.151. The SMILES string of the molecule is CC(C)(C)OC(=O)CSC(C)(C)[C@H]1COC(C)(C)N1C(=O)OC(C)(C)C. The maximum Gasteiger partial charge on any atom is 0.412 e. The van der Waals surface area contributed by atoms with Gasteiger partial charge in [-0.05, 0) is 69.2 Å². The molecule has 1 saturated heterocycles.